The van der Waals surface area contributed by atoms with Crippen LogP contribution in [0.4, 0.5) is 0 Å². The summed E-state index contributed by atoms with van der Waals surface area (Å²) in [7, 11) is 1.86. The van der Waals surface area contributed by atoms with Gasteiger partial charge in [-0.05, 0) is 25.1 Å². The van der Waals surface area contributed by atoms with Crippen molar-refractivity contribution >= 4 is 22.9 Å². The maximum atomic E-state index is 11.8. The zero-order valence-corrected chi connectivity index (χ0v) is 10.0. The number of nitrogens with one attached hydrogen (secondary N) is 1. The van der Waals surface area contributed by atoms with Gasteiger partial charge >= 0.3 is 5.97 Å². The molecule has 2 aromatic rings. The number of hydrogen-bond donors (Lipinski definition) is 2. The lowest BCUT2D eigenvalue weighted by molar-refractivity contribution is -0.138. The number of fused-ring (bicyclic) bond motifs is 1. The Hall–Kier alpha value is -2.37. The lowest BCUT2D eigenvalue weighted by atomic mass is 10.1. The van der Waals surface area contributed by atoms with E-state index in [4.69, 9.17) is 5.11 Å². The molecule has 1 amide bonds. The Labute approximate surface area is 103 Å². The molecule has 0 aliphatic heterocycles. The van der Waals surface area contributed by atoms with Gasteiger partial charge in [-0.1, -0.05) is 0 Å². The molecule has 0 spiro atoms. The van der Waals surface area contributed by atoms with Gasteiger partial charge < -0.3 is 15.0 Å². The van der Waals surface area contributed by atoms with Gasteiger partial charge in [0, 0.05) is 12.6 Å². The topological polar surface area (TPSA) is 84.2 Å². The maximum absolute atomic E-state index is 11.8. The Morgan fingerprint density at radius 3 is 2.83 bits per heavy atom. The molecule has 1 aromatic heterocycles. The van der Waals surface area contributed by atoms with E-state index in [1.54, 1.807) is 24.5 Å². The summed E-state index contributed by atoms with van der Waals surface area (Å²) >= 11 is 0. The van der Waals surface area contributed by atoms with Gasteiger partial charge in [-0.25, -0.2) is 4.98 Å². The first-order chi connectivity index (χ1) is 8.49. The average Bonchev–Trinajstić information content (AvgIpc) is 2.70. The first-order valence-corrected chi connectivity index (χ1v) is 5.44. The van der Waals surface area contributed by atoms with E-state index in [0.29, 0.717) is 11.1 Å². The minimum absolute atomic E-state index is 0.398. The zero-order chi connectivity index (χ0) is 13.3. The van der Waals surface area contributed by atoms with Crippen LogP contribution >= 0.6 is 0 Å². The van der Waals surface area contributed by atoms with Crippen molar-refractivity contribution in [2.24, 2.45) is 7.05 Å². The van der Waals surface area contributed by atoms with Crippen molar-refractivity contribution in [3.8, 4) is 0 Å². The highest BCUT2D eigenvalue weighted by molar-refractivity contribution is 5.99. The number of imidazole rings is 1. The first kappa shape index (κ1) is 12.1. The Morgan fingerprint density at radius 1 is 1.44 bits per heavy atom. The van der Waals surface area contributed by atoms with Crippen molar-refractivity contribution < 1.29 is 14.7 Å². The third-order valence-electron chi connectivity index (χ3n) is 2.71. The number of rotatable bonds is 3. The van der Waals surface area contributed by atoms with Crippen LogP contribution < -0.4 is 5.32 Å². The van der Waals surface area contributed by atoms with Crippen LogP contribution in [0.15, 0.2) is 24.5 Å². The summed E-state index contributed by atoms with van der Waals surface area (Å²) in [6.07, 6.45) is 1.66. The quantitative estimate of drug-likeness (QED) is 0.839. The summed E-state index contributed by atoms with van der Waals surface area (Å²) in [5.41, 5.74) is 2.01. The van der Waals surface area contributed by atoms with E-state index < -0.39 is 17.9 Å². The summed E-state index contributed by atoms with van der Waals surface area (Å²) < 4.78 is 1.84. The van der Waals surface area contributed by atoms with E-state index in [1.165, 1.54) is 6.92 Å². The first-order valence-electron chi connectivity index (χ1n) is 5.44. The summed E-state index contributed by atoms with van der Waals surface area (Å²) in [6, 6.07) is 4.15. The van der Waals surface area contributed by atoms with Gasteiger partial charge in [0.05, 0.1) is 17.4 Å². The number of carbonyl (C=O) groups is 2. The van der Waals surface area contributed by atoms with Crippen LogP contribution in [0.3, 0.4) is 0 Å². The average molecular weight is 247 g/mol. The number of carbonyl (C=O) groups excluding carboxylic acids is 1. The van der Waals surface area contributed by atoms with Crippen LogP contribution in [0.2, 0.25) is 0 Å². The number of nitrogens with zero attached hydrogens (tertiary/aromatic N) is 2. The molecule has 0 unspecified atom stereocenters. The lowest BCUT2D eigenvalue weighted by Gasteiger charge is -2.09. The molecule has 18 heavy (non-hydrogen) atoms. The Bertz CT molecular complexity index is 618. The summed E-state index contributed by atoms with van der Waals surface area (Å²) in [5, 5.41) is 11.1. The molecule has 6 nitrogen and oxygen atoms in total. The molecule has 1 aromatic carbocycles. The molecular weight excluding hydrogens is 234 g/mol. The number of carboxylic acid groups (broad SMARTS) is 1. The molecule has 0 saturated heterocycles. The zero-order valence-electron chi connectivity index (χ0n) is 10.0. The van der Waals surface area contributed by atoms with Crippen molar-refractivity contribution in [3.05, 3.63) is 30.1 Å². The molecule has 0 aliphatic carbocycles. The highest BCUT2D eigenvalue weighted by Gasteiger charge is 2.15. The van der Waals surface area contributed by atoms with Crippen molar-refractivity contribution in [1.82, 2.24) is 14.9 Å². The SMILES string of the molecule is C[C@@H](NC(=O)c1ccc2c(c1)ncn2C)C(=O)O. The molecule has 0 aliphatic rings. The molecule has 0 bridgehead atoms. The van der Waals surface area contributed by atoms with Gasteiger partial charge in [-0.2, -0.15) is 0 Å². The summed E-state index contributed by atoms with van der Waals surface area (Å²) in [6.45, 7) is 1.42. The van der Waals surface area contributed by atoms with Crippen LogP contribution in [0.1, 0.15) is 17.3 Å². The number of aromatic nitrogens is 2. The molecule has 2 rings (SSSR count). The highest BCUT2D eigenvalue weighted by atomic mass is 16.4. The van der Waals surface area contributed by atoms with Crippen LogP contribution in [-0.2, 0) is 11.8 Å². The van der Waals surface area contributed by atoms with Gasteiger partial charge in [-0.15, -0.1) is 0 Å². The van der Waals surface area contributed by atoms with E-state index in [2.05, 4.69) is 10.3 Å². The number of aliphatic carboxylic acids is 1. The van der Waals surface area contributed by atoms with Gasteiger partial charge in [-0.3, -0.25) is 9.59 Å². The van der Waals surface area contributed by atoms with Crippen LogP contribution in [-0.4, -0.2) is 32.6 Å². The number of amides is 1. The van der Waals surface area contributed by atoms with Crippen LogP contribution in [0.5, 0.6) is 0 Å². The molecule has 1 atom stereocenters. The van der Waals surface area contributed by atoms with Crippen LogP contribution in [0.25, 0.3) is 11.0 Å². The molecular formula is C12H13N3O3. The van der Waals surface area contributed by atoms with Gasteiger partial charge in [0.2, 0.25) is 0 Å². The summed E-state index contributed by atoms with van der Waals surface area (Å²) in [5.74, 6) is -1.49. The normalized spacial score (nSPS) is 12.3. The third kappa shape index (κ3) is 2.17. The predicted octanol–water partition coefficient (Wildman–Crippen LogP) is 0.776. The van der Waals surface area contributed by atoms with Gasteiger partial charge in [0.1, 0.15) is 6.04 Å². The van der Waals surface area contributed by atoms with E-state index in [1.807, 2.05) is 11.6 Å². The van der Waals surface area contributed by atoms with Crippen molar-refractivity contribution in [2.45, 2.75) is 13.0 Å². The number of benzene rings is 1. The smallest absolute Gasteiger partial charge is 0.325 e. The molecule has 94 valence electrons. The van der Waals surface area contributed by atoms with E-state index in [-0.39, 0.29) is 0 Å². The second-order valence-electron chi connectivity index (χ2n) is 4.09. The number of hydrogen-bond acceptors (Lipinski definition) is 3. The van der Waals surface area contributed by atoms with Crippen LogP contribution in [0, 0.1) is 0 Å². The maximum Gasteiger partial charge on any atom is 0.325 e. The Balaban J connectivity index is 2.25. The minimum Gasteiger partial charge on any atom is -0.480 e. The fourth-order valence-electron chi connectivity index (χ4n) is 1.62. The molecule has 0 radical (unpaired) electrons. The van der Waals surface area contributed by atoms with Crippen molar-refractivity contribution in [2.75, 3.05) is 0 Å². The Kier molecular flexibility index (Phi) is 3.01. The fourth-order valence-corrected chi connectivity index (χ4v) is 1.62. The van der Waals surface area contributed by atoms with Gasteiger partial charge in [0.25, 0.3) is 5.91 Å². The Morgan fingerprint density at radius 2 is 2.17 bits per heavy atom. The van der Waals surface area contributed by atoms with Crippen molar-refractivity contribution in [1.29, 1.82) is 0 Å². The van der Waals surface area contributed by atoms with E-state index in [0.717, 1.165) is 5.52 Å². The highest BCUT2D eigenvalue weighted by Crippen LogP contribution is 2.13. The molecule has 0 saturated carbocycles. The van der Waals surface area contributed by atoms with E-state index >= 15 is 0 Å². The van der Waals surface area contributed by atoms with Crippen molar-refractivity contribution in [3.63, 3.8) is 0 Å². The van der Waals surface area contributed by atoms with E-state index in [9.17, 15) is 9.59 Å². The fraction of sp³-hybridized carbons (Fsp3) is 0.250. The van der Waals surface area contributed by atoms with Gasteiger partial charge in [0.15, 0.2) is 0 Å². The lowest BCUT2D eigenvalue weighted by Crippen LogP contribution is -2.38. The molecule has 1 heterocycles. The number of aryl methyl sites for hydroxylation is 1. The second kappa shape index (κ2) is 4.48. The summed E-state index contributed by atoms with van der Waals surface area (Å²) in [4.78, 5) is 26.6. The minimum atomic E-state index is -1.07. The molecule has 0 fully saturated rings. The molecule has 6 heteroatoms. The molecule has 2 N–H and O–H groups in total. The predicted molar refractivity (Wildman–Crippen MR) is 65.3 cm³/mol. The monoisotopic (exact) mass is 247 g/mol. The largest absolute Gasteiger partial charge is 0.480 e. The number of carboxylic acids is 1. The standard InChI is InChI=1S/C12H13N3O3/c1-7(12(17)18)14-11(16)8-3-4-10-9(5-8)13-6-15(10)2/h3-7H,1-2H3,(H,14,16)(H,17,18)/t7-/m1/s1. The second-order valence-corrected chi connectivity index (χ2v) is 4.09. The third-order valence-corrected chi connectivity index (χ3v) is 2.71.